The van der Waals surface area contributed by atoms with Gasteiger partial charge in [0.25, 0.3) is 11.8 Å². The van der Waals surface area contributed by atoms with Crippen LogP contribution in [0, 0.1) is 5.82 Å². The van der Waals surface area contributed by atoms with E-state index in [1.165, 1.54) is 12.1 Å². The smallest absolute Gasteiger partial charge is 0.251 e. The third kappa shape index (κ3) is 3.51. The van der Waals surface area contributed by atoms with Gasteiger partial charge in [-0.1, -0.05) is 12.1 Å². The first-order chi connectivity index (χ1) is 15.1. The largest absolute Gasteiger partial charge is 0.493 e. The van der Waals surface area contributed by atoms with Gasteiger partial charge in [-0.25, -0.2) is 4.39 Å². The Labute approximate surface area is 187 Å². The fourth-order valence-corrected chi connectivity index (χ4v) is 4.53. The summed E-state index contributed by atoms with van der Waals surface area (Å²) in [5.74, 6) is 0.253. The highest BCUT2D eigenvalue weighted by Crippen LogP contribution is 2.50. The van der Waals surface area contributed by atoms with Gasteiger partial charge in [0.15, 0.2) is 17.0 Å². The van der Waals surface area contributed by atoms with E-state index in [2.05, 4.69) is 5.32 Å². The van der Waals surface area contributed by atoms with Gasteiger partial charge in [0.2, 0.25) is 0 Å². The van der Waals surface area contributed by atoms with Crippen molar-refractivity contribution in [3.63, 3.8) is 0 Å². The Kier molecular flexibility index (Phi) is 5.23. The van der Waals surface area contributed by atoms with Gasteiger partial charge in [-0.05, 0) is 67.8 Å². The molecule has 4 rings (SSSR count). The number of carbonyl (C=O) groups excluding carboxylic acids is 2. The Balaban J connectivity index is 1.80. The Morgan fingerprint density at radius 3 is 2.50 bits per heavy atom. The molecule has 0 radical (unpaired) electrons. The van der Waals surface area contributed by atoms with Crippen LogP contribution in [0.4, 0.5) is 4.39 Å². The quantitative estimate of drug-likeness (QED) is 0.738. The highest BCUT2D eigenvalue weighted by atomic mass is 19.1. The number of hydrogen-bond acceptors (Lipinski definition) is 4. The second-order valence-corrected chi connectivity index (χ2v) is 9.22. The normalized spacial score (nSPS) is 20.9. The van der Waals surface area contributed by atoms with E-state index in [4.69, 9.17) is 9.47 Å². The van der Waals surface area contributed by atoms with Crippen molar-refractivity contribution in [1.82, 2.24) is 10.2 Å². The third-order valence-electron chi connectivity index (χ3n) is 5.88. The standard InChI is InChI=1S/C25H27FN2O4/c1-24(2,3)27-23(30)25-13-16(10-15-6-9-20(31-4)21(11-15)32-5)22(29)28(25)14-17-12-18(26)7-8-19(17)25/h6-12H,13-14H2,1-5H3,(H,27,30)/b16-10-. The van der Waals surface area contributed by atoms with Crippen LogP contribution in [0.25, 0.3) is 6.08 Å². The molecule has 7 heteroatoms. The number of nitrogens with one attached hydrogen (secondary N) is 1. The SMILES string of the molecule is COc1ccc(/C=C2/CC3(C(=O)NC(C)(C)C)c4ccc(F)cc4CN3C2=O)cc1OC. The lowest BCUT2D eigenvalue weighted by atomic mass is 9.84. The van der Waals surface area contributed by atoms with Crippen molar-refractivity contribution in [2.45, 2.75) is 44.8 Å². The highest BCUT2D eigenvalue weighted by Gasteiger charge is 2.59. The van der Waals surface area contributed by atoms with Crippen molar-refractivity contribution < 1.29 is 23.5 Å². The number of benzene rings is 2. The van der Waals surface area contributed by atoms with E-state index in [0.717, 1.165) is 5.56 Å². The number of rotatable bonds is 4. The fraction of sp³-hybridized carbons (Fsp3) is 0.360. The minimum atomic E-state index is -1.20. The zero-order valence-corrected chi connectivity index (χ0v) is 18.9. The zero-order chi connectivity index (χ0) is 23.3. The Bertz CT molecular complexity index is 1140. The molecular formula is C25H27FN2O4. The number of fused-ring (bicyclic) bond motifs is 3. The van der Waals surface area contributed by atoms with Crippen LogP contribution >= 0.6 is 0 Å². The number of halogens is 1. The zero-order valence-electron chi connectivity index (χ0n) is 18.9. The van der Waals surface area contributed by atoms with Crippen molar-refractivity contribution in [3.05, 3.63) is 64.5 Å². The van der Waals surface area contributed by atoms with Crippen molar-refractivity contribution in [2.75, 3.05) is 14.2 Å². The number of carbonyl (C=O) groups is 2. The van der Waals surface area contributed by atoms with E-state index < -0.39 is 11.1 Å². The Hall–Kier alpha value is -3.35. The Morgan fingerprint density at radius 1 is 1.12 bits per heavy atom. The van der Waals surface area contributed by atoms with Crippen LogP contribution in [-0.2, 0) is 21.7 Å². The summed E-state index contributed by atoms with van der Waals surface area (Å²) >= 11 is 0. The van der Waals surface area contributed by atoms with Crippen LogP contribution in [0.2, 0.25) is 0 Å². The lowest BCUT2D eigenvalue weighted by Crippen LogP contribution is -2.55. The molecule has 2 heterocycles. The molecule has 1 fully saturated rings. The topological polar surface area (TPSA) is 67.9 Å². The summed E-state index contributed by atoms with van der Waals surface area (Å²) in [6, 6.07) is 9.76. The van der Waals surface area contributed by atoms with Gasteiger partial charge < -0.3 is 19.7 Å². The lowest BCUT2D eigenvalue weighted by Gasteiger charge is -2.34. The third-order valence-corrected chi connectivity index (χ3v) is 5.88. The van der Waals surface area contributed by atoms with Crippen LogP contribution in [0.15, 0.2) is 42.0 Å². The summed E-state index contributed by atoms with van der Waals surface area (Å²) < 4.78 is 24.5. The summed E-state index contributed by atoms with van der Waals surface area (Å²) in [5, 5.41) is 3.03. The van der Waals surface area contributed by atoms with Gasteiger partial charge in [-0.3, -0.25) is 9.59 Å². The molecule has 32 heavy (non-hydrogen) atoms. The molecule has 0 spiro atoms. The van der Waals surface area contributed by atoms with Gasteiger partial charge in [-0.2, -0.15) is 0 Å². The second kappa shape index (κ2) is 7.65. The van der Waals surface area contributed by atoms with Crippen molar-refractivity contribution in [2.24, 2.45) is 0 Å². The molecule has 6 nitrogen and oxygen atoms in total. The first-order valence-corrected chi connectivity index (χ1v) is 10.4. The Morgan fingerprint density at radius 2 is 1.84 bits per heavy atom. The molecular weight excluding hydrogens is 411 g/mol. The summed E-state index contributed by atoms with van der Waals surface area (Å²) in [5.41, 5.74) is 0.918. The summed E-state index contributed by atoms with van der Waals surface area (Å²) in [7, 11) is 3.11. The predicted octanol–water partition coefficient (Wildman–Crippen LogP) is 3.78. The van der Waals surface area contributed by atoms with Gasteiger partial charge in [0.05, 0.1) is 14.2 Å². The number of nitrogens with zero attached hydrogens (tertiary/aromatic N) is 1. The molecule has 0 aliphatic carbocycles. The summed E-state index contributed by atoms with van der Waals surface area (Å²) in [6.07, 6.45) is 1.97. The van der Waals surface area contributed by atoms with Crippen molar-refractivity contribution >= 4 is 17.9 Å². The summed E-state index contributed by atoms with van der Waals surface area (Å²) in [4.78, 5) is 28.6. The lowest BCUT2D eigenvalue weighted by molar-refractivity contribution is -0.141. The van der Waals surface area contributed by atoms with Crippen LogP contribution in [0.3, 0.4) is 0 Å². The van der Waals surface area contributed by atoms with Gasteiger partial charge in [0.1, 0.15) is 5.82 Å². The maximum atomic E-state index is 13.9. The minimum absolute atomic E-state index is 0.187. The van der Waals surface area contributed by atoms with E-state index in [1.54, 1.807) is 43.4 Å². The molecule has 2 aliphatic heterocycles. The molecule has 1 saturated heterocycles. The number of ether oxygens (including phenoxy) is 2. The molecule has 2 aromatic rings. The van der Waals surface area contributed by atoms with Gasteiger partial charge >= 0.3 is 0 Å². The van der Waals surface area contributed by atoms with Crippen LogP contribution in [-0.4, -0.2) is 36.5 Å². The molecule has 2 amide bonds. The van der Waals surface area contributed by atoms with E-state index >= 15 is 0 Å². The maximum Gasteiger partial charge on any atom is 0.251 e. The molecule has 2 aromatic carbocycles. The molecule has 1 unspecified atom stereocenters. The predicted molar refractivity (Wildman–Crippen MR) is 119 cm³/mol. The molecule has 168 valence electrons. The maximum absolute atomic E-state index is 13.9. The molecule has 1 atom stereocenters. The highest BCUT2D eigenvalue weighted by molar-refractivity contribution is 6.08. The molecule has 0 saturated carbocycles. The van der Waals surface area contributed by atoms with Crippen LogP contribution in [0.1, 0.15) is 43.9 Å². The molecule has 1 N–H and O–H groups in total. The first-order valence-electron chi connectivity index (χ1n) is 10.4. The minimum Gasteiger partial charge on any atom is -0.493 e. The molecule has 0 aromatic heterocycles. The molecule has 2 aliphatic rings. The number of amides is 2. The fourth-order valence-electron chi connectivity index (χ4n) is 4.53. The van der Waals surface area contributed by atoms with Crippen molar-refractivity contribution in [3.8, 4) is 11.5 Å². The van der Waals surface area contributed by atoms with E-state index in [1.807, 2.05) is 26.8 Å². The summed E-state index contributed by atoms with van der Waals surface area (Å²) in [6.45, 7) is 5.86. The second-order valence-electron chi connectivity index (χ2n) is 9.22. The number of methoxy groups -OCH3 is 2. The monoisotopic (exact) mass is 438 g/mol. The first kappa shape index (κ1) is 21.9. The van der Waals surface area contributed by atoms with Gasteiger partial charge in [-0.15, -0.1) is 0 Å². The average Bonchev–Trinajstić information content (AvgIpc) is 3.18. The van der Waals surface area contributed by atoms with Crippen molar-refractivity contribution in [1.29, 1.82) is 0 Å². The van der Waals surface area contributed by atoms with E-state index in [-0.39, 0.29) is 30.6 Å². The van der Waals surface area contributed by atoms with E-state index in [9.17, 15) is 14.0 Å². The van der Waals surface area contributed by atoms with Crippen LogP contribution < -0.4 is 14.8 Å². The average molecular weight is 438 g/mol. The van der Waals surface area contributed by atoms with Gasteiger partial charge in [0, 0.05) is 24.1 Å². The number of hydrogen-bond donors (Lipinski definition) is 1. The van der Waals surface area contributed by atoms with E-state index in [0.29, 0.717) is 28.2 Å². The molecule has 0 bridgehead atoms. The van der Waals surface area contributed by atoms with Crippen LogP contribution in [0.5, 0.6) is 11.5 Å².